The summed E-state index contributed by atoms with van der Waals surface area (Å²) in [5, 5.41) is 0. The predicted octanol–water partition coefficient (Wildman–Crippen LogP) is 14.5. The number of rotatable bonds is 8. The molecule has 0 bridgehead atoms. The normalized spacial score (nSPS) is 13.0. The van der Waals surface area contributed by atoms with E-state index in [-0.39, 0.29) is 5.97 Å². The number of nitrogens with zero attached hydrogens (tertiary/aromatic N) is 2. The third kappa shape index (κ3) is 6.23. The lowest BCUT2D eigenvalue weighted by Gasteiger charge is -2.38. The Labute approximate surface area is 355 Å². The van der Waals surface area contributed by atoms with Gasteiger partial charge in [0, 0.05) is 62.9 Å². The molecule has 0 radical (unpaired) electrons. The maximum absolute atomic E-state index is 13.8. The van der Waals surface area contributed by atoms with Crippen molar-refractivity contribution in [3.05, 3.63) is 253 Å². The van der Waals surface area contributed by atoms with Crippen molar-refractivity contribution in [1.82, 2.24) is 0 Å². The molecule has 0 saturated heterocycles. The van der Waals surface area contributed by atoms with E-state index in [2.05, 4.69) is 168 Å². The highest BCUT2D eigenvalue weighted by Crippen LogP contribution is 2.58. The molecule has 0 fully saturated rings. The molecule has 0 aromatic heterocycles. The van der Waals surface area contributed by atoms with Gasteiger partial charge in [-0.15, -0.1) is 0 Å². The smallest absolute Gasteiger partial charge is 0.340 e. The van der Waals surface area contributed by atoms with E-state index < -0.39 is 5.60 Å². The topological polar surface area (TPSA) is 42.0 Å². The molecule has 0 atom stereocenters. The third-order valence-electron chi connectivity index (χ3n) is 11.7. The van der Waals surface area contributed by atoms with Crippen LogP contribution in [0.15, 0.2) is 231 Å². The van der Waals surface area contributed by atoms with E-state index in [1.165, 1.54) is 0 Å². The van der Waals surface area contributed by atoms with E-state index in [0.717, 1.165) is 73.1 Å². The van der Waals surface area contributed by atoms with E-state index in [4.69, 9.17) is 9.47 Å². The molecule has 0 unspecified atom stereocenters. The van der Waals surface area contributed by atoms with Crippen LogP contribution in [-0.2, 0) is 10.3 Å². The second-order valence-corrected chi connectivity index (χ2v) is 15.2. The first kappa shape index (κ1) is 36.0. The second-order valence-electron chi connectivity index (χ2n) is 15.2. The maximum atomic E-state index is 13.8. The molecule has 2 aliphatic heterocycles. The number of esters is 1. The van der Waals surface area contributed by atoms with Gasteiger partial charge in [0.1, 0.15) is 11.5 Å². The minimum absolute atomic E-state index is 0.364. The number of benzene rings is 9. The number of hydrogen-bond donors (Lipinski definition) is 0. The Kier molecular flexibility index (Phi) is 8.79. The van der Waals surface area contributed by atoms with Gasteiger partial charge in [0.05, 0.1) is 5.56 Å². The SMILES string of the molecule is O=C1OC2(c3ccc(N(c4ccccc4)c4ccc(-c5ccccc5)cc4)cc3Oc3cc(N(c4ccccc4)c4ccc(-c5ccccc5)cc4)ccc32)c2ccccc21. The number of carbonyl (C=O) groups excluding carboxylic acids is 1. The van der Waals surface area contributed by atoms with E-state index in [1.54, 1.807) is 0 Å². The van der Waals surface area contributed by atoms with Gasteiger partial charge in [0.2, 0.25) is 0 Å². The fraction of sp³-hybridized carbons (Fsp3) is 0.0179. The van der Waals surface area contributed by atoms with Gasteiger partial charge in [-0.25, -0.2) is 4.79 Å². The summed E-state index contributed by atoms with van der Waals surface area (Å²) in [6, 6.07) is 78.8. The Bertz CT molecular complexity index is 2850. The average molecular weight is 787 g/mol. The molecule has 2 aliphatic rings. The average Bonchev–Trinajstić information content (AvgIpc) is 3.62. The number of ether oxygens (including phenoxy) is 2. The van der Waals surface area contributed by atoms with Crippen molar-refractivity contribution >= 4 is 40.1 Å². The van der Waals surface area contributed by atoms with Crippen LogP contribution in [0.4, 0.5) is 34.1 Å². The summed E-state index contributed by atoms with van der Waals surface area (Å²) in [5.41, 5.74) is 12.0. The van der Waals surface area contributed by atoms with Gasteiger partial charge in [-0.05, 0) is 101 Å². The highest BCUT2D eigenvalue weighted by molar-refractivity contribution is 5.97. The molecule has 9 aromatic carbocycles. The van der Waals surface area contributed by atoms with E-state index in [9.17, 15) is 4.79 Å². The summed E-state index contributed by atoms with van der Waals surface area (Å²) in [6.45, 7) is 0. The van der Waals surface area contributed by atoms with E-state index >= 15 is 0 Å². The molecule has 2 heterocycles. The first-order chi connectivity index (χ1) is 30.1. The molecule has 9 aromatic rings. The molecular formula is C56H38N2O3. The van der Waals surface area contributed by atoms with Gasteiger partial charge >= 0.3 is 5.97 Å². The molecule has 11 rings (SSSR count). The van der Waals surface area contributed by atoms with Crippen molar-refractivity contribution in [1.29, 1.82) is 0 Å². The van der Waals surface area contributed by atoms with Gasteiger partial charge in [0.25, 0.3) is 0 Å². The molecule has 0 saturated carbocycles. The van der Waals surface area contributed by atoms with Gasteiger partial charge < -0.3 is 19.3 Å². The highest BCUT2D eigenvalue weighted by Gasteiger charge is 2.53. The van der Waals surface area contributed by atoms with Crippen molar-refractivity contribution < 1.29 is 14.3 Å². The number of para-hydroxylation sites is 2. The van der Waals surface area contributed by atoms with Crippen LogP contribution in [0.1, 0.15) is 27.0 Å². The van der Waals surface area contributed by atoms with Crippen LogP contribution in [0.5, 0.6) is 11.5 Å². The summed E-state index contributed by atoms with van der Waals surface area (Å²) in [5.74, 6) is 0.843. The van der Waals surface area contributed by atoms with Gasteiger partial charge in [0.15, 0.2) is 5.60 Å². The Morgan fingerprint density at radius 2 is 0.689 bits per heavy atom. The zero-order valence-electron chi connectivity index (χ0n) is 33.1. The molecular weight excluding hydrogens is 749 g/mol. The fourth-order valence-electron chi connectivity index (χ4n) is 8.85. The number of fused-ring (bicyclic) bond motifs is 6. The highest BCUT2D eigenvalue weighted by atomic mass is 16.6. The van der Waals surface area contributed by atoms with Gasteiger partial charge in [-0.3, -0.25) is 0 Å². The molecule has 1 spiro atoms. The number of carbonyl (C=O) groups is 1. The van der Waals surface area contributed by atoms with Crippen LogP contribution in [-0.4, -0.2) is 5.97 Å². The van der Waals surface area contributed by atoms with Crippen molar-refractivity contribution in [2.45, 2.75) is 5.60 Å². The van der Waals surface area contributed by atoms with Crippen molar-refractivity contribution in [3.8, 4) is 33.8 Å². The molecule has 0 aliphatic carbocycles. The molecule has 5 nitrogen and oxygen atoms in total. The largest absolute Gasteiger partial charge is 0.456 e. The van der Waals surface area contributed by atoms with Crippen LogP contribution in [0.2, 0.25) is 0 Å². The lowest BCUT2D eigenvalue weighted by atomic mass is 9.77. The van der Waals surface area contributed by atoms with Crippen LogP contribution in [0, 0.1) is 0 Å². The minimum atomic E-state index is -1.22. The standard InChI is InChI=1S/C56H38N2O3/c59-55-49-23-13-14-24-50(49)56(61-55)51-35-33-47(57(43-19-9-3-10-20-43)45-29-25-41(26-30-45)39-15-5-1-6-16-39)37-53(51)60-54-38-48(34-36-52(54)56)58(44-21-11-4-12-22-44)46-31-27-42(28-32-46)40-17-7-2-8-18-40/h1-38H. The zero-order valence-corrected chi connectivity index (χ0v) is 33.1. The summed E-state index contributed by atoms with van der Waals surface area (Å²) < 4.78 is 13.7. The molecule has 0 amide bonds. The van der Waals surface area contributed by atoms with Crippen LogP contribution in [0.25, 0.3) is 22.3 Å². The van der Waals surface area contributed by atoms with Gasteiger partial charge in [-0.2, -0.15) is 0 Å². The quantitative estimate of drug-likeness (QED) is 0.144. The summed E-state index contributed by atoms with van der Waals surface area (Å²) in [4.78, 5) is 18.3. The van der Waals surface area contributed by atoms with Gasteiger partial charge in [-0.1, -0.05) is 140 Å². The van der Waals surface area contributed by atoms with Crippen LogP contribution < -0.4 is 14.5 Å². The first-order valence-corrected chi connectivity index (χ1v) is 20.5. The second kappa shape index (κ2) is 14.9. The molecule has 290 valence electrons. The van der Waals surface area contributed by atoms with Crippen LogP contribution >= 0.6 is 0 Å². The Morgan fingerprint density at radius 1 is 0.328 bits per heavy atom. The number of anilines is 6. The lowest BCUT2D eigenvalue weighted by Crippen LogP contribution is -2.33. The van der Waals surface area contributed by atoms with E-state index in [0.29, 0.717) is 17.1 Å². The van der Waals surface area contributed by atoms with Crippen molar-refractivity contribution in [3.63, 3.8) is 0 Å². The monoisotopic (exact) mass is 786 g/mol. The zero-order chi connectivity index (χ0) is 40.8. The molecule has 61 heavy (non-hydrogen) atoms. The fourth-order valence-corrected chi connectivity index (χ4v) is 8.85. The summed E-state index contributed by atoms with van der Waals surface area (Å²) >= 11 is 0. The molecule has 0 N–H and O–H groups in total. The Morgan fingerprint density at radius 3 is 1.15 bits per heavy atom. The van der Waals surface area contributed by atoms with Crippen LogP contribution in [0.3, 0.4) is 0 Å². The lowest BCUT2D eigenvalue weighted by molar-refractivity contribution is 0.0224. The van der Waals surface area contributed by atoms with Crippen molar-refractivity contribution in [2.24, 2.45) is 0 Å². The predicted molar refractivity (Wildman–Crippen MR) is 245 cm³/mol. The summed E-state index contributed by atoms with van der Waals surface area (Å²) in [6.07, 6.45) is 0. The molecule has 5 heteroatoms. The summed E-state index contributed by atoms with van der Waals surface area (Å²) in [7, 11) is 0. The Balaban J connectivity index is 1.06. The van der Waals surface area contributed by atoms with E-state index in [1.807, 2.05) is 72.8 Å². The maximum Gasteiger partial charge on any atom is 0.340 e. The first-order valence-electron chi connectivity index (χ1n) is 20.5. The van der Waals surface area contributed by atoms with Crippen molar-refractivity contribution in [2.75, 3.05) is 9.80 Å². The third-order valence-corrected chi connectivity index (χ3v) is 11.7. The Hall–Kier alpha value is -8.15. The minimum Gasteiger partial charge on any atom is -0.456 e. The number of hydrogen-bond acceptors (Lipinski definition) is 5.